The maximum Gasteiger partial charge on any atom is 0.0942 e. The van der Waals surface area contributed by atoms with Crippen LogP contribution in [0.1, 0.15) is 32.4 Å². The van der Waals surface area contributed by atoms with E-state index in [9.17, 15) is 5.11 Å². The first-order chi connectivity index (χ1) is 11.6. The molecule has 3 rings (SSSR count). The standard InChI is InChI=1S/C21H24BrNO.ClH/c1-4-23(5-2)14(3)21(24)16-11-10-15-13-20(22)18-9-7-6-8-17(18)19(15)12-16;/h6-14,21,24H,4-5H2,1-3H3;1H. The summed E-state index contributed by atoms with van der Waals surface area (Å²) in [5.41, 5.74) is 0.981. The summed E-state index contributed by atoms with van der Waals surface area (Å²) >= 11 is 3.67. The summed E-state index contributed by atoms with van der Waals surface area (Å²) in [7, 11) is 0. The number of aliphatic hydroxyl groups is 1. The second-order valence-electron chi connectivity index (χ2n) is 6.29. The molecule has 0 aliphatic carbocycles. The summed E-state index contributed by atoms with van der Waals surface area (Å²) in [4.78, 5) is 2.29. The van der Waals surface area contributed by atoms with Crippen molar-refractivity contribution >= 4 is 49.9 Å². The monoisotopic (exact) mass is 421 g/mol. The molecule has 0 radical (unpaired) electrons. The maximum absolute atomic E-state index is 10.9. The average Bonchev–Trinajstić information content (AvgIpc) is 2.62. The highest BCUT2D eigenvalue weighted by Crippen LogP contribution is 2.34. The maximum atomic E-state index is 10.9. The van der Waals surface area contributed by atoms with Gasteiger partial charge in [-0.3, -0.25) is 4.90 Å². The van der Waals surface area contributed by atoms with Gasteiger partial charge in [-0.1, -0.05) is 66.2 Å². The van der Waals surface area contributed by atoms with Crippen molar-refractivity contribution < 1.29 is 5.11 Å². The minimum atomic E-state index is -0.489. The fourth-order valence-electron chi connectivity index (χ4n) is 3.54. The van der Waals surface area contributed by atoms with Crippen molar-refractivity contribution in [2.45, 2.75) is 32.9 Å². The number of hydrogen-bond donors (Lipinski definition) is 1. The molecular formula is C21H25BrClNO. The molecule has 0 fully saturated rings. The average molecular weight is 423 g/mol. The van der Waals surface area contributed by atoms with E-state index in [-0.39, 0.29) is 18.4 Å². The molecule has 2 unspecified atom stereocenters. The van der Waals surface area contributed by atoms with Gasteiger partial charge in [-0.25, -0.2) is 0 Å². The summed E-state index contributed by atoms with van der Waals surface area (Å²) in [6.07, 6.45) is -0.489. The normalized spacial score (nSPS) is 13.8. The highest BCUT2D eigenvalue weighted by Gasteiger charge is 2.21. The summed E-state index contributed by atoms with van der Waals surface area (Å²) < 4.78 is 1.11. The molecule has 0 saturated heterocycles. The number of benzene rings is 3. The zero-order valence-corrected chi connectivity index (χ0v) is 17.3. The van der Waals surface area contributed by atoms with Crippen molar-refractivity contribution in [3.63, 3.8) is 0 Å². The molecule has 0 heterocycles. The smallest absolute Gasteiger partial charge is 0.0942 e. The second-order valence-corrected chi connectivity index (χ2v) is 7.15. The molecule has 3 aromatic rings. The Morgan fingerprint density at radius 1 is 0.960 bits per heavy atom. The van der Waals surface area contributed by atoms with E-state index >= 15 is 0 Å². The summed E-state index contributed by atoms with van der Waals surface area (Å²) in [5, 5.41) is 15.7. The molecule has 0 amide bonds. The third-order valence-corrected chi connectivity index (χ3v) is 5.68. The van der Waals surface area contributed by atoms with E-state index in [0.717, 1.165) is 23.1 Å². The Labute approximate surface area is 164 Å². The van der Waals surface area contributed by atoms with Gasteiger partial charge in [0.05, 0.1) is 6.10 Å². The number of aliphatic hydroxyl groups excluding tert-OH is 1. The lowest BCUT2D eigenvalue weighted by molar-refractivity contribution is 0.0639. The quantitative estimate of drug-likeness (QED) is 0.514. The zero-order chi connectivity index (χ0) is 17.3. The minimum Gasteiger partial charge on any atom is -0.387 e. The fraction of sp³-hybridized carbons (Fsp3) is 0.333. The zero-order valence-electron chi connectivity index (χ0n) is 14.9. The van der Waals surface area contributed by atoms with Crippen LogP contribution in [-0.2, 0) is 0 Å². The molecule has 0 aliphatic heterocycles. The van der Waals surface area contributed by atoms with Crippen LogP contribution in [-0.4, -0.2) is 29.1 Å². The van der Waals surface area contributed by atoms with Gasteiger partial charge in [0.25, 0.3) is 0 Å². The Bertz CT molecular complexity index is 863. The lowest BCUT2D eigenvalue weighted by atomic mass is 9.96. The first kappa shape index (κ1) is 20.2. The highest BCUT2D eigenvalue weighted by atomic mass is 79.9. The third kappa shape index (κ3) is 3.85. The summed E-state index contributed by atoms with van der Waals surface area (Å²) in [5.74, 6) is 0. The van der Waals surface area contributed by atoms with E-state index < -0.39 is 6.10 Å². The molecule has 134 valence electrons. The number of nitrogens with zero attached hydrogens (tertiary/aromatic N) is 1. The molecule has 4 heteroatoms. The van der Waals surface area contributed by atoms with E-state index in [2.05, 4.69) is 84.1 Å². The van der Waals surface area contributed by atoms with Crippen LogP contribution >= 0.6 is 28.3 Å². The van der Waals surface area contributed by atoms with Gasteiger partial charge < -0.3 is 5.11 Å². The van der Waals surface area contributed by atoms with Crippen molar-refractivity contribution in [1.82, 2.24) is 4.90 Å². The lowest BCUT2D eigenvalue weighted by Crippen LogP contribution is -2.37. The molecule has 2 nitrogen and oxygen atoms in total. The van der Waals surface area contributed by atoms with E-state index in [0.29, 0.717) is 0 Å². The molecule has 2 atom stereocenters. The Kier molecular flexibility index (Phi) is 6.86. The lowest BCUT2D eigenvalue weighted by Gasteiger charge is -2.30. The molecular weight excluding hydrogens is 398 g/mol. The van der Waals surface area contributed by atoms with Crippen molar-refractivity contribution in [2.75, 3.05) is 13.1 Å². The summed E-state index contributed by atoms with van der Waals surface area (Å²) in [6.45, 7) is 8.26. The van der Waals surface area contributed by atoms with Crippen LogP contribution in [0.4, 0.5) is 0 Å². The third-order valence-electron chi connectivity index (χ3n) is 5.02. The van der Waals surface area contributed by atoms with E-state index in [4.69, 9.17) is 0 Å². The Morgan fingerprint density at radius 2 is 1.60 bits per heavy atom. The largest absolute Gasteiger partial charge is 0.387 e. The van der Waals surface area contributed by atoms with Gasteiger partial charge in [-0.15, -0.1) is 12.4 Å². The molecule has 0 aliphatic rings. The van der Waals surface area contributed by atoms with Gasteiger partial charge >= 0.3 is 0 Å². The van der Waals surface area contributed by atoms with Gasteiger partial charge in [0, 0.05) is 10.5 Å². The summed E-state index contributed by atoms with van der Waals surface area (Å²) in [6, 6.07) is 17.0. The molecule has 25 heavy (non-hydrogen) atoms. The van der Waals surface area contributed by atoms with Crippen molar-refractivity contribution in [2.24, 2.45) is 0 Å². The molecule has 3 aromatic carbocycles. The van der Waals surface area contributed by atoms with E-state index in [1.807, 2.05) is 6.07 Å². The topological polar surface area (TPSA) is 23.5 Å². The fourth-order valence-corrected chi connectivity index (χ4v) is 4.13. The van der Waals surface area contributed by atoms with Crippen LogP contribution in [0.5, 0.6) is 0 Å². The Morgan fingerprint density at radius 3 is 2.24 bits per heavy atom. The molecule has 0 bridgehead atoms. The molecule has 1 N–H and O–H groups in total. The molecule has 0 saturated carbocycles. The first-order valence-electron chi connectivity index (χ1n) is 8.59. The second kappa shape index (κ2) is 8.50. The SMILES string of the molecule is CCN(CC)C(C)C(O)c1ccc2cc(Br)c3ccccc3c2c1.Cl. The van der Waals surface area contributed by atoms with E-state index in [1.165, 1.54) is 21.5 Å². The van der Waals surface area contributed by atoms with Crippen molar-refractivity contribution in [1.29, 1.82) is 0 Å². The van der Waals surface area contributed by atoms with Crippen LogP contribution in [0.2, 0.25) is 0 Å². The minimum absolute atomic E-state index is 0. The predicted octanol–water partition coefficient (Wildman–Crippen LogP) is 5.94. The number of halogens is 2. The number of fused-ring (bicyclic) bond motifs is 3. The van der Waals surface area contributed by atoms with Crippen LogP contribution < -0.4 is 0 Å². The Hall–Kier alpha value is -1.13. The van der Waals surface area contributed by atoms with Gasteiger partial charge in [0.15, 0.2) is 0 Å². The van der Waals surface area contributed by atoms with Crippen LogP contribution in [0, 0.1) is 0 Å². The van der Waals surface area contributed by atoms with Crippen molar-refractivity contribution in [3.05, 3.63) is 58.6 Å². The van der Waals surface area contributed by atoms with Gasteiger partial charge in [0.2, 0.25) is 0 Å². The highest BCUT2D eigenvalue weighted by molar-refractivity contribution is 9.10. The van der Waals surface area contributed by atoms with E-state index in [1.54, 1.807) is 0 Å². The number of rotatable bonds is 5. The van der Waals surface area contributed by atoms with Gasteiger partial charge in [-0.2, -0.15) is 0 Å². The first-order valence-corrected chi connectivity index (χ1v) is 9.39. The van der Waals surface area contributed by atoms with Crippen LogP contribution in [0.3, 0.4) is 0 Å². The number of likely N-dealkylation sites (N-methyl/N-ethyl adjacent to an activating group) is 1. The van der Waals surface area contributed by atoms with Crippen molar-refractivity contribution in [3.8, 4) is 0 Å². The van der Waals surface area contributed by atoms with Gasteiger partial charge in [-0.05, 0) is 59.3 Å². The number of hydrogen-bond acceptors (Lipinski definition) is 2. The molecule has 0 aromatic heterocycles. The van der Waals surface area contributed by atoms with Crippen LogP contribution in [0.15, 0.2) is 53.0 Å². The van der Waals surface area contributed by atoms with Crippen LogP contribution in [0.25, 0.3) is 21.5 Å². The Balaban J connectivity index is 0.00000225. The van der Waals surface area contributed by atoms with Gasteiger partial charge in [0.1, 0.15) is 0 Å². The predicted molar refractivity (Wildman–Crippen MR) is 114 cm³/mol. The molecule has 0 spiro atoms.